The van der Waals surface area contributed by atoms with Gasteiger partial charge in [0.25, 0.3) is 0 Å². The van der Waals surface area contributed by atoms with Gasteiger partial charge in [0.1, 0.15) is 19.0 Å². The zero-order chi connectivity index (χ0) is 17.2. The second-order valence-corrected chi connectivity index (χ2v) is 5.94. The maximum absolute atomic E-state index is 12.4. The van der Waals surface area contributed by atoms with Gasteiger partial charge in [-0.1, -0.05) is 6.07 Å². The fraction of sp³-hybridized carbons (Fsp3) is 0.278. The molecule has 7 nitrogen and oxygen atoms in total. The first-order valence-corrected chi connectivity index (χ1v) is 8.12. The molecule has 128 valence electrons. The van der Waals surface area contributed by atoms with Crippen molar-refractivity contribution < 1.29 is 19.1 Å². The predicted molar refractivity (Wildman–Crippen MR) is 90.8 cm³/mol. The van der Waals surface area contributed by atoms with E-state index in [2.05, 4.69) is 10.3 Å². The van der Waals surface area contributed by atoms with Crippen LogP contribution < -0.4 is 19.7 Å². The molecule has 25 heavy (non-hydrogen) atoms. The lowest BCUT2D eigenvalue weighted by Gasteiger charge is -2.22. The van der Waals surface area contributed by atoms with Gasteiger partial charge in [-0.05, 0) is 24.3 Å². The minimum absolute atomic E-state index is 0.0853. The molecule has 2 aliphatic heterocycles. The topological polar surface area (TPSA) is 80.8 Å². The van der Waals surface area contributed by atoms with Crippen LogP contribution in [0.1, 0.15) is 6.42 Å². The van der Waals surface area contributed by atoms with Crippen LogP contribution in [0.3, 0.4) is 0 Å². The summed E-state index contributed by atoms with van der Waals surface area (Å²) in [4.78, 5) is 30.4. The molecule has 1 saturated heterocycles. The van der Waals surface area contributed by atoms with Crippen molar-refractivity contribution >= 4 is 23.3 Å². The Morgan fingerprint density at radius 3 is 2.80 bits per heavy atom. The van der Waals surface area contributed by atoms with Gasteiger partial charge in [-0.15, -0.1) is 0 Å². The van der Waals surface area contributed by atoms with E-state index in [1.807, 2.05) is 6.07 Å². The Bertz CT molecular complexity index is 809. The predicted octanol–water partition coefficient (Wildman–Crippen LogP) is 1.84. The van der Waals surface area contributed by atoms with Crippen molar-refractivity contribution in [3.63, 3.8) is 0 Å². The molecule has 0 radical (unpaired) electrons. The molecular formula is C18H17N3O4. The molecule has 2 aromatic rings. The highest BCUT2D eigenvalue weighted by Crippen LogP contribution is 2.36. The van der Waals surface area contributed by atoms with Crippen molar-refractivity contribution in [3.8, 4) is 11.5 Å². The number of aromatic nitrogens is 1. The summed E-state index contributed by atoms with van der Waals surface area (Å²) in [6.07, 6.45) is 1.78. The molecule has 1 aromatic heterocycles. The van der Waals surface area contributed by atoms with Crippen LogP contribution in [0, 0.1) is 5.92 Å². The van der Waals surface area contributed by atoms with Crippen LogP contribution in [-0.2, 0) is 9.59 Å². The fourth-order valence-electron chi connectivity index (χ4n) is 3.00. The molecule has 0 bridgehead atoms. The summed E-state index contributed by atoms with van der Waals surface area (Å²) >= 11 is 0. The first-order chi connectivity index (χ1) is 12.2. The van der Waals surface area contributed by atoms with Gasteiger partial charge >= 0.3 is 0 Å². The number of rotatable bonds is 3. The van der Waals surface area contributed by atoms with E-state index in [-0.39, 0.29) is 18.2 Å². The Kier molecular flexibility index (Phi) is 3.97. The van der Waals surface area contributed by atoms with E-state index < -0.39 is 5.92 Å². The van der Waals surface area contributed by atoms with Crippen LogP contribution in [0.2, 0.25) is 0 Å². The SMILES string of the molecule is O=C(Nc1ccccn1)[C@@H]1CC(=O)N(c2ccc3c(c2)OCCO3)C1. The summed E-state index contributed by atoms with van der Waals surface area (Å²) in [5.41, 5.74) is 0.711. The molecule has 4 rings (SSSR count). The van der Waals surface area contributed by atoms with Gasteiger partial charge in [0.05, 0.1) is 5.92 Å². The lowest BCUT2D eigenvalue weighted by molar-refractivity contribution is -0.122. The number of nitrogens with zero attached hydrogens (tertiary/aromatic N) is 2. The molecule has 7 heteroatoms. The Morgan fingerprint density at radius 2 is 2.00 bits per heavy atom. The zero-order valence-corrected chi connectivity index (χ0v) is 13.5. The quantitative estimate of drug-likeness (QED) is 0.923. The maximum Gasteiger partial charge on any atom is 0.230 e. The van der Waals surface area contributed by atoms with Gasteiger partial charge in [0.2, 0.25) is 11.8 Å². The highest BCUT2D eigenvalue weighted by Gasteiger charge is 2.35. The number of pyridine rings is 1. The Hall–Kier alpha value is -3.09. The van der Waals surface area contributed by atoms with Crippen LogP contribution in [0.25, 0.3) is 0 Å². The van der Waals surface area contributed by atoms with E-state index in [0.717, 1.165) is 0 Å². The summed E-state index contributed by atoms with van der Waals surface area (Å²) in [7, 11) is 0. The molecule has 1 aromatic carbocycles. The van der Waals surface area contributed by atoms with Gasteiger partial charge in [-0.25, -0.2) is 4.98 Å². The molecule has 0 spiro atoms. The third-order valence-electron chi connectivity index (χ3n) is 4.25. The third-order valence-corrected chi connectivity index (χ3v) is 4.25. The Balaban J connectivity index is 1.48. The Labute approximate surface area is 144 Å². The molecule has 2 amide bonds. The monoisotopic (exact) mass is 339 g/mol. The zero-order valence-electron chi connectivity index (χ0n) is 13.5. The van der Waals surface area contributed by atoms with Crippen molar-refractivity contribution in [3.05, 3.63) is 42.6 Å². The summed E-state index contributed by atoms with van der Waals surface area (Å²) in [6, 6.07) is 10.7. The molecule has 3 heterocycles. The smallest absolute Gasteiger partial charge is 0.230 e. The Morgan fingerprint density at radius 1 is 1.16 bits per heavy atom. The lowest BCUT2D eigenvalue weighted by atomic mass is 10.1. The average Bonchev–Trinajstić information content (AvgIpc) is 3.04. The number of carbonyl (C=O) groups is 2. The van der Waals surface area contributed by atoms with Gasteiger partial charge < -0.3 is 19.7 Å². The molecule has 1 fully saturated rings. The normalized spacial score (nSPS) is 19.0. The highest BCUT2D eigenvalue weighted by atomic mass is 16.6. The molecule has 2 aliphatic rings. The highest BCUT2D eigenvalue weighted by molar-refractivity contribution is 6.03. The average molecular weight is 339 g/mol. The van der Waals surface area contributed by atoms with Crippen molar-refractivity contribution in [2.75, 3.05) is 30.0 Å². The van der Waals surface area contributed by atoms with Gasteiger partial charge in [0.15, 0.2) is 11.5 Å². The van der Waals surface area contributed by atoms with E-state index in [4.69, 9.17) is 9.47 Å². The first kappa shape index (κ1) is 15.4. The van der Waals surface area contributed by atoms with Crippen molar-refractivity contribution in [1.82, 2.24) is 4.98 Å². The maximum atomic E-state index is 12.4. The largest absolute Gasteiger partial charge is 0.486 e. The fourth-order valence-corrected chi connectivity index (χ4v) is 3.00. The van der Waals surface area contributed by atoms with E-state index in [9.17, 15) is 9.59 Å². The number of nitrogens with one attached hydrogen (secondary N) is 1. The second kappa shape index (κ2) is 6.43. The van der Waals surface area contributed by atoms with Crippen LogP contribution in [0.15, 0.2) is 42.6 Å². The number of carbonyl (C=O) groups excluding carboxylic acids is 2. The molecule has 0 unspecified atom stereocenters. The number of hydrogen-bond acceptors (Lipinski definition) is 5. The van der Waals surface area contributed by atoms with Gasteiger partial charge in [-0.3, -0.25) is 9.59 Å². The summed E-state index contributed by atoms with van der Waals surface area (Å²) in [6.45, 7) is 1.33. The van der Waals surface area contributed by atoms with E-state index in [1.54, 1.807) is 41.4 Å². The molecule has 0 saturated carbocycles. The van der Waals surface area contributed by atoms with Crippen molar-refractivity contribution in [1.29, 1.82) is 0 Å². The molecule has 1 N–H and O–H groups in total. The van der Waals surface area contributed by atoms with E-state index >= 15 is 0 Å². The first-order valence-electron chi connectivity index (χ1n) is 8.12. The molecule has 1 atom stereocenters. The number of amides is 2. The van der Waals surface area contributed by atoms with Crippen LogP contribution in [0.5, 0.6) is 11.5 Å². The van der Waals surface area contributed by atoms with Gasteiger partial charge in [0, 0.05) is 30.9 Å². The van der Waals surface area contributed by atoms with Crippen molar-refractivity contribution in [2.24, 2.45) is 5.92 Å². The van der Waals surface area contributed by atoms with E-state index in [0.29, 0.717) is 42.8 Å². The van der Waals surface area contributed by atoms with Crippen LogP contribution >= 0.6 is 0 Å². The van der Waals surface area contributed by atoms with E-state index in [1.165, 1.54) is 0 Å². The summed E-state index contributed by atoms with van der Waals surface area (Å²) in [5.74, 6) is 1.08. The van der Waals surface area contributed by atoms with Gasteiger partial charge in [-0.2, -0.15) is 0 Å². The number of benzene rings is 1. The second-order valence-electron chi connectivity index (χ2n) is 5.94. The number of ether oxygens (including phenoxy) is 2. The van der Waals surface area contributed by atoms with Crippen LogP contribution in [-0.4, -0.2) is 36.6 Å². The van der Waals surface area contributed by atoms with Crippen LogP contribution in [0.4, 0.5) is 11.5 Å². The number of hydrogen-bond donors (Lipinski definition) is 1. The standard InChI is InChI=1S/C18H17N3O4/c22-17-9-12(18(23)20-16-3-1-2-6-19-16)11-21(17)13-4-5-14-15(10-13)25-8-7-24-14/h1-6,10,12H,7-9,11H2,(H,19,20,23)/t12-/m1/s1. The molecular weight excluding hydrogens is 322 g/mol. The number of fused-ring (bicyclic) bond motifs is 1. The lowest BCUT2D eigenvalue weighted by Crippen LogP contribution is -2.28. The molecule has 0 aliphatic carbocycles. The minimum atomic E-state index is -0.414. The number of anilines is 2. The minimum Gasteiger partial charge on any atom is -0.486 e. The third kappa shape index (κ3) is 3.13. The summed E-state index contributed by atoms with van der Waals surface area (Å²) < 4.78 is 11.1. The summed E-state index contributed by atoms with van der Waals surface area (Å²) in [5, 5.41) is 2.75. The van der Waals surface area contributed by atoms with Crippen molar-refractivity contribution in [2.45, 2.75) is 6.42 Å².